The van der Waals surface area contributed by atoms with Crippen molar-refractivity contribution in [2.45, 2.75) is 46.6 Å². The Labute approximate surface area is 153 Å². The summed E-state index contributed by atoms with van der Waals surface area (Å²) >= 11 is 0. The maximum absolute atomic E-state index is 11.7. The Morgan fingerprint density at radius 2 is 2.00 bits per heavy atom. The number of hydrogen-bond acceptors (Lipinski definition) is 6. The topological polar surface area (TPSA) is 88.6 Å². The SMILES string of the molecule is CCOc1cc(/C=N\Nc2nc(C(C)C)cc(=O)[nH]2)ccc1OC(C)C. The largest absolute Gasteiger partial charge is 0.490 e. The van der Waals surface area contributed by atoms with Gasteiger partial charge in [0.05, 0.1) is 24.6 Å². The second-order valence-corrected chi connectivity index (χ2v) is 6.35. The van der Waals surface area contributed by atoms with E-state index < -0.39 is 0 Å². The standard InChI is InChI=1S/C19H26N4O3/c1-6-25-17-9-14(7-8-16(17)26-13(4)5)11-20-23-19-21-15(12(2)3)10-18(24)22-19/h7-13H,6H2,1-5H3,(H2,21,22,23,24)/b20-11-. The Hall–Kier alpha value is -2.83. The van der Waals surface area contributed by atoms with Crippen LogP contribution in [0.15, 0.2) is 34.2 Å². The highest BCUT2D eigenvalue weighted by Gasteiger charge is 2.08. The van der Waals surface area contributed by atoms with Gasteiger partial charge in [-0.05, 0) is 50.5 Å². The maximum Gasteiger partial charge on any atom is 0.252 e. The van der Waals surface area contributed by atoms with Gasteiger partial charge >= 0.3 is 0 Å². The zero-order chi connectivity index (χ0) is 19.1. The molecule has 2 N–H and O–H groups in total. The summed E-state index contributed by atoms with van der Waals surface area (Å²) in [5.41, 5.74) is 4.09. The molecule has 0 saturated heterocycles. The Bertz CT molecular complexity index is 813. The molecule has 0 radical (unpaired) electrons. The van der Waals surface area contributed by atoms with Crippen molar-refractivity contribution in [3.8, 4) is 11.5 Å². The average Bonchev–Trinajstić information content (AvgIpc) is 2.56. The van der Waals surface area contributed by atoms with Crippen LogP contribution in [0.2, 0.25) is 0 Å². The van der Waals surface area contributed by atoms with Crippen LogP contribution in [-0.4, -0.2) is 28.9 Å². The number of aromatic nitrogens is 2. The third kappa shape index (κ3) is 5.61. The Balaban J connectivity index is 2.15. The fourth-order valence-electron chi connectivity index (χ4n) is 2.22. The van der Waals surface area contributed by atoms with Crippen LogP contribution in [0.25, 0.3) is 0 Å². The lowest BCUT2D eigenvalue weighted by Crippen LogP contribution is -2.12. The van der Waals surface area contributed by atoms with Crippen LogP contribution in [-0.2, 0) is 0 Å². The minimum Gasteiger partial charge on any atom is -0.490 e. The first-order chi connectivity index (χ1) is 12.4. The summed E-state index contributed by atoms with van der Waals surface area (Å²) in [6, 6.07) is 7.08. The van der Waals surface area contributed by atoms with Crippen LogP contribution in [0.3, 0.4) is 0 Å². The lowest BCUT2D eigenvalue weighted by Gasteiger charge is -2.14. The van der Waals surface area contributed by atoms with Gasteiger partial charge in [0.15, 0.2) is 11.5 Å². The van der Waals surface area contributed by atoms with Crippen LogP contribution in [0.5, 0.6) is 11.5 Å². The van der Waals surface area contributed by atoms with E-state index in [4.69, 9.17) is 9.47 Å². The van der Waals surface area contributed by atoms with Crippen molar-refractivity contribution in [1.82, 2.24) is 9.97 Å². The van der Waals surface area contributed by atoms with Gasteiger partial charge in [0, 0.05) is 6.07 Å². The number of anilines is 1. The van der Waals surface area contributed by atoms with Gasteiger partial charge in [-0.1, -0.05) is 13.8 Å². The summed E-state index contributed by atoms with van der Waals surface area (Å²) in [5.74, 6) is 1.83. The highest BCUT2D eigenvalue weighted by molar-refractivity contribution is 5.81. The molecule has 0 atom stereocenters. The molecule has 0 amide bonds. The van der Waals surface area contributed by atoms with Crippen LogP contribution in [0.4, 0.5) is 5.95 Å². The molecule has 0 saturated carbocycles. The van der Waals surface area contributed by atoms with E-state index in [1.165, 1.54) is 6.07 Å². The van der Waals surface area contributed by atoms with E-state index in [0.29, 0.717) is 29.7 Å². The van der Waals surface area contributed by atoms with Crippen molar-refractivity contribution in [2.24, 2.45) is 5.10 Å². The summed E-state index contributed by atoms with van der Waals surface area (Å²) in [6.45, 7) is 10.4. The van der Waals surface area contributed by atoms with Gasteiger partial charge in [-0.2, -0.15) is 5.10 Å². The first kappa shape index (κ1) is 19.5. The summed E-state index contributed by atoms with van der Waals surface area (Å²) in [4.78, 5) is 18.6. The smallest absolute Gasteiger partial charge is 0.252 e. The molecule has 0 fully saturated rings. The minimum absolute atomic E-state index is 0.0616. The number of nitrogens with one attached hydrogen (secondary N) is 2. The van der Waals surface area contributed by atoms with Crippen LogP contribution in [0, 0.1) is 0 Å². The summed E-state index contributed by atoms with van der Waals surface area (Å²) < 4.78 is 11.4. The van der Waals surface area contributed by atoms with Crippen LogP contribution < -0.4 is 20.5 Å². The first-order valence-electron chi connectivity index (χ1n) is 8.73. The lowest BCUT2D eigenvalue weighted by atomic mass is 10.1. The predicted octanol–water partition coefficient (Wildman–Crippen LogP) is 3.53. The van der Waals surface area contributed by atoms with E-state index in [1.807, 2.05) is 52.8 Å². The molecule has 0 unspecified atom stereocenters. The number of H-pyrrole nitrogens is 1. The Morgan fingerprint density at radius 3 is 2.65 bits per heavy atom. The van der Waals surface area contributed by atoms with Crippen molar-refractivity contribution in [2.75, 3.05) is 12.0 Å². The number of hydrogen-bond donors (Lipinski definition) is 2. The third-order valence-electron chi connectivity index (χ3n) is 3.37. The van der Waals surface area contributed by atoms with E-state index >= 15 is 0 Å². The summed E-state index contributed by atoms with van der Waals surface area (Å²) in [6.07, 6.45) is 1.69. The molecule has 2 rings (SSSR count). The molecule has 0 aliphatic rings. The van der Waals surface area contributed by atoms with Gasteiger partial charge in [0.2, 0.25) is 5.95 Å². The zero-order valence-corrected chi connectivity index (χ0v) is 15.9. The molecule has 0 aliphatic heterocycles. The lowest BCUT2D eigenvalue weighted by molar-refractivity contribution is 0.224. The zero-order valence-electron chi connectivity index (χ0n) is 15.9. The highest BCUT2D eigenvalue weighted by Crippen LogP contribution is 2.29. The quantitative estimate of drug-likeness (QED) is 0.557. The average molecular weight is 358 g/mol. The molecule has 1 aromatic carbocycles. The van der Waals surface area contributed by atoms with Crippen molar-refractivity contribution in [3.05, 3.63) is 45.9 Å². The Kier molecular flexibility index (Phi) is 6.77. The van der Waals surface area contributed by atoms with E-state index in [9.17, 15) is 4.79 Å². The number of rotatable bonds is 8. The van der Waals surface area contributed by atoms with Gasteiger partial charge in [-0.15, -0.1) is 0 Å². The van der Waals surface area contributed by atoms with Crippen molar-refractivity contribution < 1.29 is 9.47 Å². The molecule has 0 aliphatic carbocycles. The van der Waals surface area contributed by atoms with Gasteiger partial charge in [-0.25, -0.2) is 10.4 Å². The molecular formula is C19H26N4O3. The minimum atomic E-state index is -0.213. The maximum atomic E-state index is 11.7. The van der Waals surface area contributed by atoms with Crippen molar-refractivity contribution in [3.63, 3.8) is 0 Å². The summed E-state index contributed by atoms with van der Waals surface area (Å²) in [7, 11) is 0. The number of nitrogens with zero attached hydrogens (tertiary/aromatic N) is 2. The Morgan fingerprint density at radius 1 is 1.23 bits per heavy atom. The van der Waals surface area contributed by atoms with E-state index in [-0.39, 0.29) is 17.6 Å². The van der Waals surface area contributed by atoms with E-state index in [2.05, 4.69) is 20.5 Å². The molecule has 140 valence electrons. The predicted molar refractivity (Wildman–Crippen MR) is 104 cm³/mol. The molecule has 7 heteroatoms. The molecule has 7 nitrogen and oxygen atoms in total. The second-order valence-electron chi connectivity index (χ2n) is 6.35. The highest BCUT2D eigenvalue weighted by atomic mass is 16.5. The molecule has 1 aromatic heterocycles. The molecule has 0 bridgehead atoms. The number of ether oxygens (including phenoxy) is 2. The monoisotopic (exact) mass is 358 g/mol. The number of aromatic amines is 1. The fourth-order valence-corrected chi connectivity index (χ4v) is 2.22. The second kappa shape index (κ2) is 9.03. The van der Waals surface area contributed by atoms with Crippen molar-refractivity contribution in [1.29, 1.82) is 0 Å². The van der Waals surface area contributed by atoms with Crippen LogP contribution >= 0.6 is 0 Å². The van der Waals surface area contributed by atoms with Gasteiger partial charge in [0.1, 0.15) is 0 Å². The van der Waals surface area contributed by atoms with Crippen LogP contribution in [0.1, 0.15) is 51.8 Å². The molecule has 2 aromatic rings. The van der Waals surface area contributed by atoms with Gasteiger partial charge < -0.3 is 9.47 Å². The van der Waals surface area contributed by atoms with Gasteiger partial charge in [-0.3, -0.25) is 9.78 Å². The van der Waals surface area contributed by atoms with E-state index in [1.54, 1.807) is 6.21 Å². The number of hydrazone groups is 1. The normalized spacial score (nSPS) is 11.3. The van der Waals surface area contributed by atoms with Crippen molar-refractivity contribution >= 4 is 12.2 Å². The van der Waals surface area contributed by atoms with Gasteiger partial charge in [0.25, 0.3) is 5.56 Å². The molecule has 26 heavy (non-hydrogen) atoms. The first-order valence-corrected chi connectivity index (χ1v) is 8.73. The molecule has 1 heterocycles. The molecule has 0 spiro atoms. The fraction of sp³-hybridized carbons (Fsp3) is 0.421. The number of benzene rings is 1. The van der Waals surface area contributed by atoms with E-state index in [0.717, 1.165) is 5.56 Å². The molecular weight excluding hydrogens is 332 g/mol. The summed E-state index contributed by atoms with van der Waals surface area (Å²) in [5, 5.41) is 4.14. The third-order valence-corrected chi connectivity index (χ3v) is 3.37.